The van der Waals surface area contributed by atoms with Gasteiger partial charge in [0.2, 0.25) is 6.10 Å². The number of esters is 1. The summed E-state index contributed by atoms with van der Waals surface area (Å²) in [5.74, 6) is -0.0229. The third kappa shape index (κ3) is 4.83. The molecular weight excluding hydrogens is 318 g/mol. The maximum absolute atomic E-state index is 12.4. The van der Waals surface area contributed by atoms with Gasteiger partial charge in [-0.05, 0) is 24.1 Å². The summed E-state index contributed by atoms with van der Waals surface area (Å²) in [5.41, 5.74) is 2.41. The van der Waals surface area contributed by atoms with Crippen molar-refractivity contribution in [3.8, 4) is 5.75 Å². The maximum Gasteiger partial charge on any atom is 0.311 e. The van der Waals surface area contributed by atoms with Crippen molar-refractivity contribution >= 4 is 11.9 Å². The summed E-state index contributed by atoms with van der Waals surface area (Å²) >= 11 is 0. The Bertz CT molecular complexity index is 741. The zero-order valence-electron chi connectivity index (χ0n) is 15.0. The Balaban J connectivity index is 2.16. The molecule has 0 unspecified atom stereocenters. The van der Waals surface area contributed by atoms with Gasteiger partial charge < -0.3 is 14.4 Å². The van der Waals surface area contributed by atoms with Crippen molar-refractivity contribution in [3.63, 3.8) is 0 Å². The lowest BCUT2D eigenvalue weighted by molar-refractivity contribution is -0.159. The Morgan fingerprint density at radius 1 is 1.08 bits per heavy atom. The van der Waals surface area contributed by atoms with Crippen LogP contribution in [0.2, 0.25) is 0 Å². The van der Waals surface area contributed by atoms with Crippen LogP contribution in [0.5, 0.6) is 5.75 Å². The van der Waals surface area contributed by atoms with Gasteiger partial charge in [-0.25, -0.2) is 0 Å². The molecule has 0 aliphatic heterocycles. The van der Waals surface area contributed by atoms with E-state index in [0.717, 1.165) is 11.1 Å². The average Bonchev–Trinajstić information content (AvgIpc) is 2.61. The lowest BCUT2D eigenvalue weighted by atomic mass is 10.1. The highest BCUT2D eigenvalue weighted by Crippen LogP contribution is 2.22. The van der Waals surface area contributed by atoms with Gasteiger partial charge in [-0.3, -0.25) is 9.59 Å². The monoisotopic (exact) mass is 341 g/mol. The molecule has 0 bridgehead atoms. The van der Waals surface area contributed by atoms with Crippen LogP contribution in [0.25, 0.3) is 0 Å². The standard InChI is InChI=1S/C20H23NO4/c1-14-10-11-15(12-17(14)24-4)13-18(22)25-19(20(23)21(2)3)16-8-6-5-7-9-16/h5-12,19H,13H2,1-4H3/t19-/m0/s1. The number of methoxy groups -OCH3 is 1. The van der Waals surface area contributed by atoms with Crippen molar-refractivity contribution in [3.05, 3.63) is 65.2 Å². The van der Waals surface area contributed by atoms with Gasteiger partial charge >= 0.3 is 5.97 Å². The topological polar surface area (TPSA) is 55.8 Å². The largest absolute Gasteiger partial charge is 0.496 e. The van der Waals surface area contributed by atoms with Crippen LogP contribution in [0.1, 0.15) is 22.8 Å². The van der Waals surface area contributed by atoms with Crippen molar-refractivity contribution in [1.29, 1.82) is 0 Å². The van der Waals surface area contributed by atoms with Gasteiger partial charge in [0.25, 0.3) is 5.91 Å². The summed E-state index contributed by atoms with van der Waals surface area (Å²) in [6.45, 7) is 1.93. The molecule has 25 heavy (non-hydrogen) atoms. The van der Waals surface area contributed by atoms with Gasteiger partial charge in [-0.15, -0.1) is 0 Å². The molecule has 0 radical (unpaired) electrons. The molecule has 0 heterocycles. The summed E-state index contributed by atoms with van der Waals surface area (Å²) in [6.07, 6.45) is -0.878. The van der Waals surface area contributed by atoms with E-state index in [9.17, 15) is 9.59 Å². The second-order valence-corrected chi connectivity index (χ2v) is 5.99. The predicted molar refractivity (Wildman–Crippen MR) is 95.4 cm³/mol. The second-order valence-electron chi connectivity index (χ2n) is 5.99. The first-order valence-electron chi connectivity index (χ1n) is 8.01. The molecule has 0 aliphatic carbocycles. The van der Waals surface area contributed by atoms with Crippen LogP contribution in [0.4, 0.5) is 0 Å². The van der Waals surface area contributed by atoms with Crippen LogP contribution in [0.3, 0.4) is 0 Å². The average molecular weight is 341 g/mol. The number of benzene rings is 2. The minimum atomic E-state index is -0.948. The van der Waals surface area contributed by atoms with Gasteiger partial charge in [0.1, 0.15) is 5.75 Å². The molecule has 0 N–H and O–H groups in total. The molecule has 0 spiro atoms. The summed E-state index contributed by atoms with van der Waals surface area (Å²) < 4.78 is 10.8. The van der Waals surface area contributed by atoms with E-state index in [1.54, 1.807) is 33.3 Å². The molecule has 132 valence electrons. The van der Waals surface area contributed by atoms with Crippen molar-refractivity contribution < 1.29 is 19.1 Å². The normalized spacial score (nSPS) is 11.5. The SMILES string of the molecule is COc1cc(CC(=O)O[C@H](C(=O)N(C)C)c2ccccc2)ccc1C. The van der Waals surface area contributed by atoms with Gasteiger partial charge in [0.15, 0.2) is 0 Å². The first-order chi connectivity index (χ1) is 11.9. The van der Waals surface area contributed by atoms with Gasteiger partial charge in [-0.1, -0.05) is 42.5 Å². The van der Waals surface area contributed by atoms with Gasteiger partial charge in [-0.2, -0.15) is 0 Å². The molecule has 2 rings (SSSR count). The number of ether oxygens (including phenoxy) is 2. The molecule has 1 atom stereocenters. The van der Waals surface area contributed by atoms with Crippen LogP contribution < -0.4 is 4.74 Å². The highest BCUT2D eigenvalue weighted by Gasteiger charge is 2.26. The predicted octanol–water partition coefficient (Wildman–Crippen LogP) is 2.92. The highest BCUT2D eigenvalue weighted by atomic mass is 16.5. The molecule has 1 amide bonds. The second kappa shape index (κ2) is 8.33. The first-order valence-corrected chi connectivity index (χ1v) is 8.01. The van der Waals surface area contributed by atoms with Crippen molar-refractivity contribution in [2.75, 3.05) is 21.2 Å². The lowest BCUT2D eigenvalue weighted by Crippen LogP contribution is -2.31. The number of carbonyl (C=O) groups excluding carboxylic acids is 2. The minimum Gasteiger partial charge on any atom is -0.496 e. The number of likely N-dealkylation sites (N-methyl/N-ethyl adjacent to an activating group) is 1. The zero-order valence-corrected chi connectivity index (χ0v) is 15.0. The third-order valence-corrected chi connectivity index (χ3v) is 3.84. The summed E-state index contributed by atoms with van der Waals surface area (Å²) in [5, 5.41) is 0. The van der Waals surface area contributed by atoms with E-state index in [1.807, 2.05) is 43.3 Å². The minimum absolute atomic E-state index is 0.0701. The Morgan fingerprint density at radius 3 is 2.36 bits per heavy atom. The fourth-order valence-electron chi connectivity index (χ4n) is 2.44. The number of nitrogens with zero attached hydrogens (tertiary/aromatic N) is 1. The number of rotatable bonds is 6. The van der Waals surface area contributed by atoms with E-state index in [0.29, 0.717) is 11.3 Å². The molecule has 0 aromatic heterocycles. The van der Waals surface area contributed by atoms with Crippen molar-refractivity contribution in [2.24, 2.45) is 0 Å². The maximum atomic E-state index is 12.4. The Hall–Kier alpha value is -2.82. The fourth-order valence-corrected chi connectivity index (χ4v) is 2.44. The summed E-state index contributed by atoms with van der Waals surface area (Å²) in [4.78, 5) is 26.2. The quantitative estimate of drug-likeness (QED) is 0.758. The third-order valence-electron chi connectivity index (χ3n) is 3.84. The van der Waals surface area contributed by atoms with E-state index < -0.39 is 12.1 Å². The number of hydrogen-bond acceptors (Lipinski definition) is 4. The summed E-state index contributed by atoms with van der Waals surface area (Å²) in [6, 6.07) is 14.6. The smallest absolute Gasteiger partial charge is 0.311 e. The molecule has 0 aliphatic rings. The number of hydrogen-bond donors (Lipinski definition) is 0. The Labute approximate surface area is 148 Å². The van der Waals surface area contributed by atoms with Crippen LogP contribution in [0, 0.1) is 6.92 Å². The molecule has 2 aromatic rings. The van der Waals surface area contributed by atoms with Crippen molar-refractivity contribution in [2.45, 2.75) is 19.4 Å². The zero-order chi connectivity index (χ0) is 18.4. The van der Waals surface area contributed by atoms with Crippen LogP contribution in [-0.2, 0) is 20.7 Å². The Morgan fingerprint density at radius 2 is 1.76 bits per heavy atom. The van der Waals surface area contributed by atoms with E-state index in [-0.39, 0.29) is 12.3 Å². The van der Waals surface area contributed by atoms with Crippen molar-refractivity contribution in [1.82, 2.24) is 4.90 Å². The number of aryl methyl sites for hydroxylation is 1. The van der Waals surface area contributed by atoms with E-state index in [1.165, 1.54) is 4.90 Å². The van der Waals surface area contributed by atoms with E-state index in [2.05, 4.69) is 0 Å². The molecule has 0 saturated carbocycles. The van der Waals surface area contributed by atoms with Crippen LogP contribution >= 0.6 is 0 Å². The van der Waals surface area contributed by atoms with Gasteiger partial charge in [0, 0.05) is 19.7 Å². The molecule has 0 fully saturated rings. The molecule has 5 heteroatoms. The fraction of sp³-hybridized carbons (Fsp3) is 0.300. The Kier molecular flexibility index (Phi) is 6.17. The lowest BCUT2D eigenvalue weighted by Gasteiger charge is -2.21. The molecule has 5 nitrogen and oxygen atoms in total. The van der Waals surface area contributed by atoms with Crippen LogP contribution in [0.15, 0.2) is 48.5 Å². The van der Waals surface area contributed by atoms with Gasteiger partial charge in [0.05, 0.1) is 13.5 Å². The molecular formula is C20H23NO4. The number of carbonyl (C=O) groups is 2. The molecule has 0 saturated heterocycles. The molecule has 2 aromatic carbocycles. The summed E-state index contributed by atoms with van der Waals surface area (Å²) in [7, 11) is 4.86. The van der Waals surface area contributed by atoms with E-state index >= 15 is 0 Å². The number of amides is 1. The highest BCUT2D eigenvalue weighted by molar-refractivity contribution is 5.85. The van der Waals surface area contributed by atoms with E-state index in [4.69, 9.17) is 9.47 Å². The first kappa shape index (κ1) is 18.5. The van der Waals surface area contributed by atoms with Crippen LogP contribution in [-0.4, -0.2) is 38.0 Å².